The molecule has 1 fully saturated rings. The van der Waals surface area contributed by atoms with Crippen molar-refractivity contribution in [3.05, 3.63) is 16.7 Å². The number of ether oxygens (including phenoxy) is 1. The molecule has 3 rings (SSSR count). The number of carbonyl (C=O) groups is 1. The van der Waals surface area contributed by atoms with Gasteiger partial charge in [0.1, 0.15) is 17.5 Å². The molecule has 5 atom stereocenters. The smallest absolute Gasteiger partial charge is 0.280 e. The quantitative estimate of drug-likeness (QED) is 0.483. The molecule has 148 valence electrons. The summed E-state index contributed by atoms with van der Waals surface area (Å²) in [6.07, 6.45) is -0.333. The second-order valence-electron chi connectivity index (χ2n) is 6.58. The van der Waals surface area contributed by atoms with Crippen molar-refractivity contribution < 1.29 is 24.0 Å². The molecule has 2 aromatic rings. The molecule has 0 aliphatic carbocycles. The molecule has 1 saturated heterocycles. The van der Waals surface area contributed by atoms with Gasteiger partial charge in [-0.15, -0.1) is 0 Å². The first-order valence-corrected chi connectivity index (χ1v) is 9.91. The summed E-state index contributed by atoms with van der Waals surface area (Å²) in [7, 11) is -1.50. The third-order valence-electron chi connectivity index (χ3n) is 4.35. The molecule has 0 spiro atoms. The van der Waals surface area contributed by atoms with Crippen LogP contribution in [0.15, 0.2) is 11.1 Å². The van der Waals surface area contributed by atoms with E-state index >= 15 is 0 Å². The summed E-state index contributed by atoms with van der Waals surface area (Å²) in [5.74, 6) is -0.704. The van der Waals surface area contributed by atoms with Crippen LogP contribution >= 0.6 is 0 Å². The van der Waals surface area contributed by atoms with Crippen LogP contribution in [0.4, 0.5) is 5.95 Å². The van der Waals surface area contributed by atoms with E-state index in [0.29, 0.717) is 0 Å². The van der Waals surface area contributed by atoms with Crippen molar-refractivity contribution in [2.75, 3.05) is 18.2 Å². The van der Waals surface area contributed by atoms with E-state index in [9.17, 15) is 24.0 Å². The van der Waals surface area contributed by atoms with E-state index in [1.807, 2.05) is 0 Å². The molecule has 1 aliphatic rings. The highest BCUT2D eigenvalue weighted by Gasteiger charge is 2.47. The SMILES string of the molecule is CC(C)C(=O)Nc1nc2c(ncn2[C@@H]2O[C@H](CO)C(O)C2S(C)=O)c(=O)[nH]1. The zero-order chi connectivity index (χ0) is 19.9. The number of carbonyl (C=O) groups excluding carboxylic acids is 1. The lowest BCUT2D eigenvalue weighted by atomic mass is 10.2. The molecule has 0 bridgehead atoms. The van der Waals surface area contributed by atoms with Gasteiger partial charge < -0.3 is 14.9 Å². The topological polar surface area (TPSA) is 159 Å². The normalized spacial score (nSPS) is 26.6. The summed E-state index contributed by atoms with van der Waals surface area (Å²) in [5.41, 5.74) is -0.461. The molecule has 0 radical (unpaired) electrons. The Morgan fingerprint density at radius 1 is 1.52 bits per heavy atom. The number of rotatable bonds is 5. The highest BCUT2D eigenvalue weighted by molar-refractivity contribution is 7.85. The molecule has 3 heterocycles. The van der Waals surface area contributed by atoms with Gasteiger partial charge >= 0.3 is 0 Å². The van der Waals surface area contributed by atoms with Crippen molar-refractivity contribution in [3.8, 4) is 0 Å². The van der Waals surface area contributed by atoms with E-state index in [4.69, 9.17) is 4.74 Å². The summed E-state index contributed by atoms with van der Waals surface area (Å²) in [4.78, 5) is 34.8. The van der Waals surface area contributed by atoms with Crippen molar-refractivity contribution in [1.82, 2.24) is 19.5 Å². The lowest BCUT2D eigenvalue weighted by molar-refractivity contribution is -0.118. The molecule has 0 aromatic carbocycles. The number of amides is 1. The number of nitrogens with zero attached hydrogens (tertiary/aromatic N) is 3. The molecular formula is C15H21N5O6S. The van der Waals surface area contributed by atoms with Crippen LogP contribution in [0.1, 0.15) is 20.1 Å². The minimum Gasteiger partial charge on any atom is -0.394 e. The minimum absolute atomic E-state index is 0.00344. The Bertz CT molecular complexity index is 940. The maximum atomic E-state index is 12.3. The number of hydrogen-bond donors (Lipinski definition) is 4. The molecule has 12 heteroatoms. The number of fused-ring (bicyclic) bond motifs is 1. The standard InChI is InChI=1S/C15H21N5O6S/c1-6(2)12(23)18-15-17-11-8(13(24)19-15)16-5-20(11)14-10(27(3)25)9(22)7(4-21)26-14/h5-7,9-10,14,21-22H,4H2,1-3H3,(H2,17,18,19,23,24)/t7-,9?,10?,14-,27?/m1/s1. The van der Waals surface area contributed by atoms with E-state index in [2.05, 4.69) is 20.3 Å². The van der Waals surface area contributed by atoms with Crippen LogP contribution in [0.3, 0.4) is 0 Å². The fourth-order valence-corrected chi connectivity index (χ4v) is 3.98. The highest BCUT2D eigenvalue weighted by Crippen LogP contribution is 2.34. The van der Waals surface area contributed by atoms with Crippen LogP contribution in [0.2, 0.25) is 0 Å². The summed E-state index contributed by atoms with van der Waals surface area (Å²) < 4.78 is 19.1. The lowest BCUT2D eigenvalue weighted by Crippen LogP contribution is -2.36. The first kappa shape index (κ1) is 19.6. The van der Waals surface area contributed by atoms with E-state index < -0.39 is 46.7 Å². The Balaban J connectivity index is 2.07. The van der Waals surface area contributed by atoms with Gasteiger partial charge in [-0.1, -0.05) is 13.8 Å². The Hall–Kier alpha value is -2.15. The van der Waals surface area contributed by atoms with E-state index in [-0.39, 0.29) is 28.9 Å². The van der Waals surface area contributed by atoms with E-state index in [1.165, 1.54) is 17.2 Å². The maximum Gasteiger partial charge on any atom is 0.280 e. The largest absolute Gasteiger partial charge is 0.394 e. The van der Waals surface area contributed by atoms with Crippen molar-refractivity contribution in [2.24, 2.45) is 5.92 Å². The summed E-state index contributed by atoms with van der Waals surface area (Å²) in [5, 5.41) is 21.3. The fourth-order valence-electron chi connectivity index (χ4n) is 2.88. The van der Waals surface area contributed by atoms with Gasteiger partial charge in [0.15, 0.2) is 17.4 Å². The van der Waals surface area contributed by atoms with Gasteiger partial charge in [0.05, 0.1) is 12.9 Å². The monoisotopic (exact) mass is 399 g/mol. The second kappa shape index (κ2) is 7.46. The van der Waals surface area contributed by atoms with Crippen LogP contribution in [-0.2, 0) is 20.3 Å². The molecule has 1 amide bonds. The Morgan fingerprint density at radius 3 is 2.81 bits per heavy atom. The molecule has 2 aromatic heterocycles. The number of imidazole rings is 1. The van der Waals surface area contributed by atoms with Crippen LogP contribution in [-0.4, -0.2) is 70.2 Å². The number of aromatic nitrogens is 4. The van der Waals surface area contributed by atoms with Gasteiger partial charge in [0.2, 0.25) is 11.9 Å². The zero-order valence-electron chi connectivity index (χ0n) is 14.9. The highest BCUT2D eigenvalue weighted by atomic mass is 32.2. The molecule has 27 heavy (non-hydrogen) atoms. The summed E-state index contributed by atoms with van der Waals surface area (Å²) in [6.45, 7) is 2.93. The maximum absolute atomic E-state index is 12.3. The average Bonchev–Trinajstić information content (AvgIpc) is 3.15. The van der Waals surface area contributed by atoms with Crippen molar-refractivity contribution >= 4 is 33.8 Å². The Labute approximate surface area is 156 Å². The third-order valence-corrected chi connectivity index (χ3v) is 5.63. The van der Waals surface area contributed by atoms with Gasteiger partial charge in [-0.05, 0) is 0 Å². The first-order chi connectivity index (χ1) is 12.7. The van der Waals surface area contributed by atoms with Gasteiger partial charge in [0.25, 0.3) is 5.56 Å². The Morgan fingerprint density at radius 2 is 2.22 bits per heavy atom. The number of hydrogen-bond acceptors (Lipinski definition) is 8. The number of anilines is 1. The average molecular weight is 399 g/mol. The first-order valence-electron chi connectivity index (χ1n) is 8.29. The minimum atomic E-state index is -1.50. The van der Waals surface area contributed by atoms with Crippen LogP contribution in [0, 0.1) is 5.92 Å². The Kier molecular flexibility index (Phi) is 5.42. The molecule has 11 nitrogen and oxygen atoms in total. The molecule has 1 aliphatic heterocycles. The number of nitrogens with one attached hydrogen (secondary N) is 2. The predicted molar refractivity (Wildman–Crippen MR) is 96.5 cm³/mol. The van der Waals surface area contributed by atoms with Crippen molar-refractivity contribution in [2.45, 2.75) is 37.5 Å². The van der Waals surface area contributed by atoms with Gasteiger partial charge in [0, 0.05) is 23.0 Å². The number of aliphatic hydroxyl groups is 2. The lowest BCUT2D eigenvalue weighted by Gasteiger charge is -2.19. The molecule has 0 saturated carbocycles. The van der Waals surface area contributed by atoms with Gasteiger partial charge in [-0.2, -0.15) is 4.98 Å². The predicted octanol–water partition coefficient (Wildman–Crippen LogP) is -1.29. The number of H-pyrrole nitrogens is 1. The fraction of sp³-hybridized carbons (Fsp3) is 0.600. The van der Waals surface area contributed by atoms with Crippen molar-refractivity contribution in [1.29, 1.82) is 0 Å². The number of aromatic amines is 1. The van der Waals surface area contributed by atoms with Crippen molar-refractivity contribution in [3.63, 3.8) is 0 Å². The molecule has 4 N–H and O–H groups in total. The van der Waals surface area contributed by atoms with Crippen LogP contribution in [0.25, 0.3) is 11.2 Å². The van der Waals surface area contributed by atoms with Gasteiger partial charge in [-0.3, -0.25) is 28.7 Å². The summed E-state index contributed by atoms with van der Waals surface area (Å²) in [6, 6.07) is 0. The van der Waals surface area contributed by atoms with Gasteiger partial charge in [-0.25, -0.2) is 4.98 Å². The molecular weight excluding hydrogens is 378 g/mol. The van der Waals surface area contributed by atoms with Crippen LogP contribution in [0.5, 0.6) is 0 Å². The van der Waals surface area contributed by atoms with Crippen LogP contribution < -0.4 is 10.9 Å². The second-order valence-corrected chi connectivity index (χ2v) is 8.13. The molecule has 3 unspecified atom stereocenters. The summed E-state index contributed by atoms with van der Waals surface area (Å²) >= 11 is 0. The third kappa shape index (κ3) is 3.52. The number of aliphatic hydroxyl groups excluding tert-OH is 2. The van der Waals surface area contributed by atoms with E-state index in [1.54, 1.807) is 13.8 Å². The zero-order valence-corrected chi connectivity index (χ0v) is 15.8. The van der Waals surface area contributed by atoms with E-state index in [0.717, 1.165) is 0 Å².